The molecule has 0 heterocycles. The lowest BCUT2D eigenvalue weighted by Gasteiger charge is -2.16. The molecular weight excluding hydrogens is 262 g/mol. The lowest BCUT2D eigenvalue weighted by atomic mass is 10.2. The first-order valence-electron chi connectivity index (χ1n) is 7.35. The summed E-state index contributed by atoms with van der Waals surface area (Å²) in [6, 6.07) is 10.0. The normalized spacial score (nSPS) is 10.8. The lowest BCUT2D eigenvalue weighted by molar-refractivity contribution is -0.132. The third-order valence-corrected chi connectivity index (χ3v) is 3.16. The van der Waals surface area contributed by atoms with Crippen molar-refractivity contribution in [2.75, 3.05) is 19.6 Å². The second-order valence-electron chi connectivity index (χ2n) is 4.62. The smallest absolute Gasteiger partial charge is 0.330 e. The molecule has 21 heavy (non-hydrogen) atoms. The molecule has 0 saturated heterocycles. The van der Waals surface area contributed by atoms with E-state index in [1.54, 1.807) is 13.0 Å². The van der Waals surface area contributed by atoms with Crippen molar-refractivity contribution in [2.45, 2.75) is 27.2 Å². The SMILES string of the molecule is C=Cc1ccccc1.CCN(CC)CCC=C(C)C(=O)O. The molecule has 0 atom stereocenters. The average Bonchev–Trinajstić information content (AvgIpc) is 2.52. The summed E-state index contributed by atoms with van der Waals surface area (Å²) in [7, 11) is 0. The molecule has 1 N–H and O–H groups in total. The second-order valence-corrected chi connectivity index (χ2v) is 4.62. The molecule has 0 saturated carbocycles. The Morgan fingerprint density at radius 2 is 1.81 bits per heavy atom. The molecule has 0 bridgehead atoms. The number of carboxylic acids is 1. The van der Waals surface area contributed by atoms with Crippen molar-refractivity contribution in [1.82, 2.24) is 4.90 Å². The van der Waals surface area contributed by atoms with Gasteiger partial charge in [-0.1, -0.05) is 62.9 Å². The van der Waals surface area contributed by atoms with E-state index in [9.17, 15) is 4.79 Å². The summed E-state index contributed by atoms with van der Waals surface area (Å²) in [5.41, 5.74) is 1.61. The third kappa shape index (κ3) is 9.63. The minimum absolute atomic E-state index is 0.437. The van der Waals surface area contributed by atoms with Crippen LogP contribution >= 0.6 is 0 Å². The van der Waals surface area contributed by atoms with Gasteiger partial charge in [-0.25, -0.2) is 4.79 Å². The van der Waals surface area contributed by atoms with Crippen molar-refractivity contribution in [3.8, 4) is 0 Å². The number of carboxylic acid groups (broad SMARTS) is 1. The lowest BCUT2D eigenvalue weighted by Crippen LogP contribution is -2.23. The maximum atomic E-state index is 10.4. The molecule has 1 aromatic carbocycles. The van der Waals surface area contributed by atoms with Crippen LogP contribution in [-0.4, -0.2) is 35.6 Å². The predicted molar refractivity (Wildman–Crippen MR) is 90.3 cm³/mol. The van der Waals surface area contributed by atoms with Crippen molar-refractivity contribution >= 4 is 12.0 Å². The fraction of sp³-hybridized carbons (Fsp3) is 0.389. The molecule has 116 valence electrons. The van der Waals surface area contributed by atoms with Crippen LogP contribution in [0.5, 0.6) is 0 Å². The Morgan fingerprint density at radius 1 is 1.24 bits per heavy atom. The van der Waals surface area contributed by atoms with Crippen LogP contribution in [0.25, 0.3) is 6.08 Å². The summed E-state index contributed by atoms with van der Waals surface area (Å²) in [6.07, 6.45) is 4.43. The molecular formula is C18H27NO2. The fourth-order valence-corrected chi connectivity index (χ4v) is 1.68. The van der Waals surface area contributed by atoms with Gasteiger partial charge >= 0.3 is 5.97 Å². The minimum atomic E-state index is -0.820. The summed E-state index contributed by atoms with van der Waals surface area (Å²) >= 11 is 0. The van der Waals surface area contributed by atoms with Gasteiger partial charge in [-0.3, -0.25) is 0 Å². The number of hydrogen-bond donors (Lipinski definition) is 1. The highest BCUT2D eigenvalue weighted by Gasteiger charge is 2.00. The third-order valence-electron chi connectivity index (χ3n) is 3.16. The molecule has 0 unspecified atom stereocenters. The largest absolute Gasteiger partial charge is 0.478 e. The van der Waals surface area contributed by atoms with Gasteiger partial charge in [0.15, 0.2) is 0 Å². The minimum Gasteiger partial charge on any atom is -0.478 e. The Morgan fingerprint density at radius 3 is 2.19 bits per heavy atom. The van der Waals surface area contributed by atoms with E-state index in [1.165, 1.54) is 5.56 Å². The molecule has 0 aliphatic heterocycles. The standard InChI is InChI=1S/C10H19NO2.C8H8/c1-4-11(5-2)8-6-7-9(3)10(12)13;1-2-8-6-4-3-5-7-8/h7H,4-6,8H2,1-3H3,(H,12,13);2-7H,1H2. The summed E-state index contributed by atoms with van der Waals surface area (Å²) < 4.78 is 0. The number of benzene rings is 1. The summed E-state index contributed by atoms with van der Waals surface area (Å²) in [5.74, 6) is -0.820. The molecule has 3 heteroatoms. The van der Waals surface area contributed by atoms with Gasteiger partial charge in [0.25, 0.3) is 0 Å². The van der Waals surface area contributed by atoms with E-state index in [2.05, 4.69) is 25.3 Å². The Labute approximate surface area is 128 Å². The number of aliphatic carboxylic acids is 1. The van der Waals surface area contributed by atoms with Crippen LogP contribution in [0.2, 0.25) is 0 Å². The Kier molecular flexibility index (Phi) is 10.9. The number of nitrogens with zero attached hydrogens (tertiary/aromatic N) is 1. The van der Waals surface area contributed by atoms with E-state index in [-0.39, 0.29) is 0 Å². The summed E-state index contributed by atoms with van der Waals surface area (Å²) in [4.78, 5) is 12.7. The highest BCUT2D eigenvalue weighted by molar-refractivity contribution is 5.85. The summed E-state index contributed by atoms with van der Waals surface area (Å²) in [5, 5.41) is 8.58. The van der Waals surface area contributed by atoms with Gasteiger partial charge in [0, 0.05) is 12.1 Å². The monoisotopic (exact) mass is 289 g/mol. The highest BCUT2D eigenvalue weighted by atomic mass is 16.4. The molecule has 0 radical (unpaired) electrons. The molecule has 1 rings (SSSR count). The zero-order valence-electron chi connectivity index (χ0n) is 13.4. The highest BCUT2D eigenvalue weighted by Crippen LogP contribution is 1.98. The topological polar surface area (TPSA) is 40.5 Å². The van der Waals surface area contributed by atoms with Crippen molar-refractivity contribution in [2.24, 2.45) is 0 Å². The molecule has 0 aliphatic carbocycles. The van der Waals surface area contributed by atoms with Gasteiger partial charge < -0.3 is 10.0 Å². The molecule has 0 spiro atoms. The average molecular weight is 289 g/mol. The van der Waals surface area contributed by atoms with Gasteiger partial charge in [0.2, 0.25) is 0 Å². The van der Waals surface area contributed by atoms with Crippen LogP contribution in [0.3, 0.4) is 0 Å². The van der Waals surface area contributed by atoms with Crippen LogP contribution in [0.4, 0.5) is 0 Å². The van der Waals surface area contributed by atoms with Crippen molar-refractivity contribution in [1.29, 1.82) is 0 Å². The second kappa shape index (κ2) is 11.9. The van der Waals surface area contributed by atoms with Crippen LogP contribution in [0, 0.1) is 0 Å². The molecule has 0 aromatic heterocycles. The Balaban J connectivity index is 0.000000423. The first-order chi connectivity index (χ1) is 10.0. The molecule has 1 aromatic rings. The Hall–Kier alpha value is -1.87. The predicted octanol–water partition coefficient (Wildman–Crippen LogP) is 4.08. The molecule has 0 fully saturated rings. The van der Waals surface area contributed by atoms with E-state index >= 15 is 0 Å². The number of rotatable bonds is 7. The van der Waals surface area contributed by atoms with Gasteiger partial charge in [-0.15, -0.1) is 0 Å². The van der Waals surface area contributed by atoms with E-state index < -0.39 is 5.97 Å². The van der Waals surface area contributed by atoms with Crippen LogP contribution in [-0.2, 0) is 4.79 Å². The van der Waals surface area contributed by atoms with Crippen LogP contribution in [0.1, 0.15) is 32.8 Å². The van der Waals surface area contributed by atoms with Gasteiger partial charge in [0.05, 0.1) is 0 Å². The van der Waals surface area contributed by atoms with E-state index in [0.29, 0.717) is 5.57 Å². The van der Waals surface area contributed by atoms with Crippen molar-refractivity contribution in [3.05, 3.63) is 54.1 Å². The Bertz CT molecular complexity index is 434. The quantitative estimate of drug-likeness (QED) is 0.769. The van der Waals surface area contributed by atoms with Gasteiger partial charge in [-0.2, -0.15) is 0 Å². The molecule has 0 amide bonds. The van der Waals surface area contributed by atoms with E-state index in [4.69, 9.17) is 5.11 Å². The van der Waals surface area contributed by atoms with E-state index in [1.807, 2.05) is 36.4 Å². The van der Waals surface area contributed by atoms with Crippen LogP contribution < -0.4 is 0 Å². The first-order valence-corrected chi connectivity index (χ1v) is 7.35. The zero-order valence-corrected chi connectivity index (χ0v) is 13.4. The van der Waals surface area contributed by atoms with Crippen molar-refractivity contribution in [3.63, 3.8) is 0 Å². The summed E-state index contributed by atoms with van der Waals surface area (Å²) in [6.45, 7) is 12.5. The fourth-order valence-electron chi connectivity index (χ4n) is 1.68. The van der Waals surface area contributed by atoms with Crippen LogP contribution in [0.15, 0.2) is 48.6 Å². The number of hydrogen-bond acceptors (Lipinski definition) is 2. The first kappa shape index (κ1) is 19.1. The van der Waals surface area contributed by atoms with E-state index in [0.717, 1.165) is 26.1 Å². The van der Waals surface area contributed by atoms with Crippen molar-refractivity contribution < 1.29 is 9.90 Å². The maximum absolute atomic E-state index is 10.4. The zero-order chi connectivity index (χ0) is 16.1. The molecule has 3 nitrogen and oxygen atoms in total. The number of carbonyl (C=O) groups is 1. The maximum Gasteiger partial charge on any atom is 0.330 e. The van der Waals surface area contributed by atoms with Gasteiger partial charge in [-0.05, 0) is 32.0 Å². The van der Waals surface area contributed by atoms with Gasteiger partial charge in [0.1, 0.15) is 0 Å². The molecule has 0 aliphatic rings.